The van der Waals surface area contributed by atoms with Gasteiger partial charge in [-0.2, -0.15) is 0 Å². The standard InChI is InChI=1S/C17H19Cl2NO/c1-3-13(20)9-12-4-5-15(10-17(12)19)21-14-6-7-16(18)11(2)8-14/h4-8,10,13H,3,9,20H2,1-2H3. The largest absolute Gasteiger partial charge is 0.457 e. The molecule has 0 radical (unpaired) electrons. The lowest BCUT2D eigenvalue weighted by Crippen LogP contribution is -2.21. The number of rotatable bonds is 5. The van der Waals surface area contributed by atoms with Crippen LogP contribution in [0.3, 0.4) is 0 Å². The number of ether oxygens (including phenoxy) is 1. The highest BCUT2D eigenvalue weighted by Crippen LogP contribution is 2.29. The van der Waals surface area contributed by atoms with E-state index in [0.29, 0.717) is 10.8 Å². The van der Waals surface area contributed by atoms with Crippen molar-refractivity contribution in [1.29, 1.82) is 0 Å². The molecule has 0 amide bonds. The van der Waals surface area contributed by atoms with Crippen molar-refractivity contribution in [2.75, 3.05) is 0 Å². The predicted molar refractivity (Wildman–Crippen MR) is 89.7 cm³/mol. The molecular formula is C17H19Cl2NO. The van der Waals surface area contributed by atoms with Crippen molar-refractivity contribution in [3.8, 4) is 11.5 Å². The Labute approximate surface area is 135 Å². The van der Waals surface area contributed by atoms with E-state index < -0.39 is 0 Å². The third-order valence-electron chi connectivity index (χ3n) is 3.40. The van der Waals surface area contributed by atoms with Crippen LogP contribution in [0.4, 0.5) is 0 Å². The van der Waals surface area contributed by atoms with Gasteiger partial charge in [0.2, 0.25) is 0 Å². The van der Waals surface area contributed by atoms with E-state index >= 15 is 0 Å². The van der Waals surface area contributed by atoms with E-state index in [9.17, 15) is 0 Å². The Morgan fingerprint density at radius 2 is 1.71 bits per heavy atom. The van der Waals surface area contributed by atoms with Gasteiger partial charge < -0.3 is 10.5 Å². The summed E-state index contributed by atoms with van der Waals surface area (Å²) in [7, 11) is 0. The monoisotopic (exact) mass is 323 g/mol. The fraction of sp³-hybridized carbons (Fsp3) is 0.294. The topological polar surface area (TPSA) is 35.2 Å². The summed E-state index contributed by atoms with van der Waals surface area (Å²) in [5.74, 6) is 1.45. The Balaban J connectivity index is 2.14. The highest BCUT2D eigenvalue weighted by atomic mass is 35.5. The molecule has 0 fully saturated rings. The van der Waals surface area contributed by atoms with Gasteiger partial charge >= 0.3 is 0 Å². The Morgan fingerprint density at radius 3 is 2.33 bits per heavy atom. The van der Waals surface area contributed by atoms with Crippen LogP contribution >= 0.6 is 23.2 Å². The maximum Gasteiger partial charge on any atom is 0.128 e. The molecule has 0 saturated heterocycles. The van der Waals surface area contributed by atoms with Gasteiger partial charge in [0.05, 0.1) is 0 Å². The zero-order valence-electron chi connectivity index (χ0n) is 12.2. The van der Waals surface area contributed by atoms with Gasteiger partial charge in [-0.25, -0.2) is 0 Å². The molecule has 0 spiro atoms. The van der Waals surface area contributed by atoms with Crippen molar-refractivity contribution in [3.05, 3.63) is 57.6 Å². The van der Waals surface area contributed by atoms with Gasteiger partial charge in [-0.1, -0.05) is 36.2 Å². The zero-order valence-corrected chi connectivity index (χ0v) is 13.7. The number of hydrogen-bond donors (Lipinski definition) is 1. The van der Waals surface area contributed by atoms with E-state index in [1.165, 1.54) is 0 Å². The fourth-order valence-corrected chi connectivity index (χ4v) is 2.37. The van der Waals surface area contributed by atoms with Crippen LogP contribution in [0.2, 0.25) is 10.0 Å². The van der Waals surface area contributed by atoms with Gasteiger partial charge in [0.1, 0.15) is 11.5 Å². The highest BCUT2D eigenvalue weighted by Gasteiger charge is 2.08. The molecule has 0 aromatic heterocycles. The summed E-state index contributed by atoms with van der Waals surface area (Å²) in [4.78, 5) is 0. The average molecular weight is 324 g/mol. The molecule has 0 aliphatic rings. The first-order valence-electron chi connectivity index (χ1n) is 6.97. The fourth-order valence-electron chi connectivity index (χ4n) is 2.00. The van der Waals surface area contributed by atoms with Crippen LogP contribution < -0.4 is 10.5 Å². The van der Waals surface area contributed by atoms with Crippen LogP contribution in [0, 0.1) is 6.92 Å². The number of aryl methyl sites for hydroxylation is 1. The summed E-state index contributed by atoms with van der Waals surface area (Å²) < 4.78 is 5.81. The van der Waals surface area contributed by atoms with Crippen molar-refractivity contribution in [2.45, 2.75) is 32.7 Å². The van der Waals surface area contributed by atoms with Crippen LogP contribution in [0.25, 0.3) is 0 Å². The van der Waals surface area contributed by atoms with E-state index in [4.69, 9.17) is 33.7 Å². The molecule has 0 aliphatic carbocycles. The molecule has 2 rings (SSSR count). The number of hydrogen-bond acceptors (Lipinski definition) is 2. The van der Waals surface area contributed by atoms with E-state index in [2.05, 4.69) is 6.92 Å². The van der Waals surface area contributed by atoms with Gasteiger partial charge in [0.25, 0.3) is 0 Å². The minimum absolute atomic E-state index is 0.133. The summed E-state index contributed by atoms with van der Waals surface area (Å²) >= 11 is 12.3. The molecule has 2 aromatic carbocycles. The Kier molecular flexibility index (Phi) is 5.51. The molecule has 2 N–H and O–H groups in total. The maximum absolute atomic E-state index is 6.30. The minimum Gasteiger partial charge on any atom is -0.457 e. The van der Waals surface area contributed by atoms with Crippen molar-refractivity contribution in [3.63, 3.8) is 0 Å². The van der Waals surface area contributed by atoms with Crippen LogP contribution in [0.1, 0.15) is 24.5 Å². The quantitative estimate of drug-likeness (QED) is 0.802. The zero-order chi connectivity index (χ0) is 15.4. The Hall–Kier alpha value is -1.22. The molecule has 0 saturated carbocycles. The Bertz CT molecular complexity index is 628. The third-order valence-corrected chi connectivity index (χ3v) is 4.17. The lowest BCUT2D eigenvalue weighted by atomic mass is 10.0. The molecule has 2 aromatic rings. The molecule has 0 bridgehead atoms. The normalized spacial score (nSPS) is 12.2. The molecule has 1 atom stereocenters. The molecule has 0 heterocycles. The SMILES string of the molecule is CCC(N)Cc1ccc(Oc2ccc(Cl)c(C)c2)cc1Cl. The van der Waals surface area contributed by atoms with Gasteiger partial charge in [-0.05, 0) is 61.2 Å². The summed E-state index contributed by atoms with van der Waals surface area (Å²) in [5, 5.41) is 1.41. The lowest BCUT2D eigenvalue weighted by Gasteiger charge is -2.12. The summed E-state index contributed by atoms with van der Waals surface area (Å²) in [6.07, 6.45) is 1.70. The molecule has 21 heavy (non-hydrogen) atoms. The van der Waals surface area contributed by atoms with Gasteiger partial charge in [-0.3, -0.25) is 0 Å². The second kappa shape index (κ2) is 7.17. The van der Waals surface area contributed by atoms with Crippen molar-refractivity contribution < 1.29 is 4.74 Å². The predicted octanol–water partition coefficient (Wildman–Crippen LogP) is 5.37. The van der Waals surface area contributed by atoms with Crippen LogP contribution in [0.5, 0.6) is 11.5 Å². The van der Waals surface area contributed by atoms with Gasteiger partial charge in [-0.15, -0.1) is 0 Å². The first kappa shape index (κ1) is 16.2. The molecule has 2 nitrogen and oxygen atoms in total. The molecule has 112 valence electrons. The number of nitrogens with two attached hydrogens (primary N) is 1. The van der Waals surface area contributed by atoms with Crippen LogP contribution in [-0.4, -0.2) is 6.04 Å². The number of halogens is 2. The number of benzene rings is 2. The second-order valence-corrected chi connectivity index (χ2v) is 5.95. The van der Waals surface area contributed by atoms with Crippen LogP contribution in [-0.2, 0) is 6.42 Å². The van der Waals surface area contributed by atoms with E-state index in [0.717, 1.165) is 34.7 Å². The summed E-state index contributed by atoms with van der Waals surface area (Å²) in [6.45, 7) is 4.01. The first-order valence-corrected chi connectivity index (χ1v) is 7.73. The van der Waals surface area contributed by atoms with Crippen molar-refractivity contribution in [1.82, 2.24) is 0 Å². The Morgan fingerprint density at radius 1 is 1.05 bits per heavy atom. The molecule has 1 unspecified atom stereocenters. The average Bonchev–Trinajstić information content (AvgIpc) is 2.45. The molecular weight excluding hydrogens is 305 g/mol. The molecule has 0 aliphatic heterocycles. The van der Waals surface area contributed by atoms with Crippen LogP contribution in [0.15, 0.2) is 36.4 Å². The minimum atomic E-state index is 0.133. The van der Waals surface area contributed by atoms with E-state index in [-0.39, 0.29) is 6.04 Å². The van der Waals surface area contributed by atoms with Crippen molar-refractivity contribution in [2.24, 2.45) is 5.73 Å². The smallest absolute Gasteiger partial charge is 0.128 e. The maximum atomic E-state index is 6.30. The van der Waals surface area contributed by atoms with E-state index in [1.54, 1.807) is 0 Å². The second-order valence-electron chi connectivity index (χ2n) is 5.14. The lowest BCUT2D eigenvalue weighted by molar-refractivity contribution is 0.482. The summed E-state index contributed by atoms with van der Waals surface area (Å²) in [6, 6.07) is 11.4. The first-order chi connectivity index (χ1) is 9.99. The van der Waals surface area contributed by atoms with Gasteiger partial charge in [0, 0.05) is 16.1 Å². The van der Waals surface area contributed by atoms with E-state index in [1.807, 2.05) is 43.3 Å². The highest BCUT2D eigenvalue weighted by molar-refractivity contribution is 6.31. The molecule has 4 heteroatoms. The third kappa shape index (κ3) is 4.37. The van der Waals surface area contributed by atoms with Gasteiger partial charge in [0.15, 0.2) is 0 Å². The van der Waals surface area contributed by atoms with Crippen molar-refractivity contribution >= 4 is 23.2 Å². The summed E-state index contributed by atoms with van der Waals surface area (Å²) in [5.41, 5.74) is 7.99.